The summed E-state index contributed by atoms with van der Waals surface area (Å²) < 4.78 is 0. The third-order valence-corrected chi connectivity index (χ3v) is 4.08. The molecule has 0 spiro atoms. The van der Waals surface area contributed by atoms with Gasteiger partial charge in [-0.15, -0.1) is 0 Å². The highest BCUT2D eigenvalue weighted by atomic mass is 14.9. The van der Waals surface area contributed by atoms with Gasteiger partial charge in [0.2, 0.25) is 0 Å². The van der Waals surface area contributed by atoms with E-state index in [9.17, 15) is 0 Å². The highest BCUT2D eigenvalue weighted by molar-refractivity contribution is 5.39. The second-order valence-corrected chi connectivity index (χ2v) is 6.17. The largest absolute Gasteiger partial charge is 0.307 e. The quantitative estimate of drug-likeness (QED) is 0.801. The van der Waals surface area contributed by atoms with Crippen molar-refractivity contribution < 1.29 is 0 Å². The highest BCUT2D eigenvalue weighted by Crippen LogP contribution is 2.27. The summed E-state index contributed by atoms with van der Waals surface area (Å²) in [7, 11) is 0. The molecule has 112 valence electrons. The normalized spacial score (nSPS) is 12.7. The average Bonchev–Trinajstić information content (AvgIpc) is 2.46. The molecule has 21 heavy (non-hydrogen) atoms. The number of hydrogen-bond acceptors (Lipinski definition) is 1. The minimum Gasteiger partial charge on any atom is -0.307 e. The maximum absolute atomic E-state index is 3.62. The number of rotatable bonds is 5. The standard InChI is InChI=1S/C20H27N/c1-6-21-20(19-12-7-15(4)13-16(19)5)18-10-8-17(9-11-18)14(2)3/h7-14,20-21H,6H2,1-5H3. The maximum atomic E-state index is 3.62. The lowest BCUT2D eigenvalue weighted by atomic mass is 9.92. The van der Waals surface area contributed by atoms with Gasteiger partial charge in [0.05, 0.1) is 6.04 Å². The molecule has 2 rings (SSSR count). The lowest BCUT2D eigenvalue weighted by Crippen LogP contribution is -2.22. The van der Waals surface area contributed by atoms with Gasteiger partial charge in [0.1, 0.15) is 0 Å². The van der Waals surface area contributed by atoms with Crippen LogP contribution in [0.2, 0.25) is 0 Å². The molecule has 0 saturated carbocycles. The first-order valence-electron chi connectivity index (χ1n) is 7.93. The van der Waals surface area contributed by atoms with Crippen LogP contribution in [0.3, 0.4) is 0 Å². The molecule has 0 aliphatic rings. The van der Waals surface area contributed by atoms with Crippen LogP contribution in [0.15, 0.2) is 42.5 Å². The minimum absolute atomic E-state index is 0.275. The van der Waals surface area contributed by atoms with Crippen LogP contribution in [0.4, 0.5) is 0 Å². The summed E-state index contributed by atoms with van der Waals surface area (Å²) in [5.41, 5.74) is 6.79. The Morgan fingerprint density at radius 3 is 2.05 bits per heavy atom. The summed E-state index contributed by atoms with van der Waals surface area (Å²) >= 11 is 0. The molecule has 0 amide bonds. The van der Waals surface area contributed by atoms with Gasteiger partial charge >= 0.3 is 0 Å². The zero-order valence-electron chi connectivity index (χ0n) is 13.9. The van der Waals surface area contributed by atoms with Crippen molar-refractivity contribution in [2.75, 3.05) is 6.54 Å². The second kappa shape index (κ2) is 6.91. The summed E-state index contributed by atoms with van der Waals surface area (Å²) in [5, 5.41) is 3.62. The first-order chi connectivity index (χ1) is 10.0. The van der Waals surface area contributed by atoms with Crippen LogP contribution in [-0.2, 0) is 0 Å². The Balaban J connectivity index is 2.38. The molecular weight excluding hydrogens is 254 g/mol. The number of aryl methyl sites for hydroxylation is 2. The summed E-state index contributed by atoms with van der Waals surface area (Å²) in [6.45, 7) is 12.0. The summed E-state index contributed by atoms with van der Waals surface area (Å²) in [6, 6.07) is 16.0. The third kappa shape index (κ3) is 3.74. The van der Waals surface area contributed by atoms with Crippen molar-refractivity contribution in [3.8, 4) is 0 Å². The van der Waals surface area contributed by atoms with E-state index in [0.29, 0.717) is 5.92 Å². The molecule has 0 fully saturated rings. The Morgan fingerprint density at radius 1 is 0.905 bits per heavy atom. The van der Waals surface area contributed by atoms with E-state index >= 15 is 0 Å². The van der Waals surface area contributed by atoms with Crippen molar-refractivity contribution in [2.45, 2.75) is 46.6 Å². The number of hydrogen-bond donors (Lipinski definition) is 1. The molecule has 1 unspecified atom stereocenters. The van der Waals surface area contributed by atoms with Crippen LogP contribution in [0.25, 0.3) is 0 Å². The first-order valence-corrected chi connectivity index (χ1v) is 7.93. The fraction of sp³-hybridized carbons (Fsp3) is 0.400. The molecule has 0 aliphatic heterocycles. The number of nitrogens with one attached hydrogen (secondary N) is 1. The second-order valence-electron chi connectivity index (χ2n) is 6.17. The summed E-state index contributed by atoms with van der Waals surface area (Å²) in [4.78, 5) is 0. The zero-order chi connectivity index (χ0) is 15.4. The van der Waals surface area contributed by atoms with E-state index in [1.807, 2.05) is 0 Å². The fourth-order valence-electron chi connectivity index (χ4n) is 2.83. The summed E-state index contributed by atoms with van der Waals surface area (Å²) in [6.07, 6.45) is 0. The van der Waals surface area contributed by atoms with Gasteiger partial charge in [0, 0.05) is 0 Å². The smallest absolute Gasteiger partial charge is 0.0579 e. The Morgan fingerprint density at radius 2 is 1.52 bits per heavy atom. The van der Waals surface area contributed by atoms with Crippen molar-refractivity contribution >= 4 is 0 Å². The van der Waals surface area contributed by atoms with Crippen molar-refractivity contribution in [1.29, 1.82) is 0 Å². The van der Waals surface area contributed by atoms with Crippen molar-refractivity contribution in [2.24, 2.45) is 0 Å². The zero-order valence-corrected chi connectivity index (χ0v) is 13.9. The van der Waals surface area contributed by atoms with Crippen LogP contribution in [0, 0.1) is 13.8 Å². The molecule has 1 N–H and O–H groups in total. The van der Waals surface area contributed by atoms with Gasteiger partial charge in [0.15, 0.2) is 0 Å². The Kier molecular flexibility index (Phi) is 5.19. The molecule has 0 saturated heterocycles. The van der Waals surface area contributed by atoms with Gasteiger partial charge in [0.25, 0.3) is 0 Å². The van der Waals surface area contributed by atoms with Gasteiger partial charge in [-0.3, -0.25) is 0 Å². The predicted octanol–water partition coefficient (Wildman–Crippen LogP) is 5.13. The highest BCUT2D eigenvalue weighted by Gasteiger charge is 2.15. The SMILES string of the molecule is CCNC(c1ccc(C(C)C)cc1)c1ccc(C)cc1C. The third-order valence-electron chi connectivity index (χ3n) is 4.08. The average molecular weight is 281 g/mol. The van der Waals surface area contributed by atoms with E-state index in [-0.39, 0.29) is 6.04 Å². The van der Waals surface area contributed by atoms with Gasteiger partial charge < -0.3 is 5.32 Å². The van der Waals surface area contributed by atoms with E-state index in [0.717, 1.165) is 6.54 Å². The molecule has 0 aliphatic carbocycles. The Labute approximate surface area is 129 Å². The molecule has 1 heteroatoms. The van der Waals surface area contributed by atoms with E-state index < -0.39 is 0 Å². The maximum Gasteiger partial charge on any atom is 0.0579 e. The van der Waals surface area contributed by atoms with Gasteiger partial charge in [-0.2, -0.15) is 0 Å². The van der Waals surface area contributed by atoms with E-state index in [1.165, 1.54) is 27.8 Å². The molecule has 1 atom stereocenters. The lowest BCUT2D eigenvalue weighted by Gasteiger charge is -2.22. The van der Waals surface area contributed by atoms with Crippen LogP contribution >= 0.6 is 0 Å². The Hall–Kier alpha value is -1.60. The monoisotopic (exact) mass is 281 g/mol. The van der Waals surface area contributed by atoms with E-state index in [4.69, 9.17) is 0 Å². The molecular formula is C20H27N. The van der Waals surface area contributed by atoms with Crippen molar-refractivity contribution in [3.05, 3.63) is 70.3 Å². The molecule has 0 aromatic heterocycles. The van der Waals surface area contributed by atoms with Gasteiger partial charge in [-0.1, -0.05) is 68.8 Å². The van der Waals surface area contributed by atoms with Crippen LogP contribution in [0.1, 0.15) is 60.5 Å². The topological polar surface area (TPSA) is 12.0 Å². The molecule has 0 bridgehead atoms. The molecule has 2 aromatic carbocycles. The van der Waals surface area contributed by atoms with Gasteiger partial charge in [-0.05, 0) is 48.6 Å². The number of benzene rings is 2. The predicted molar refractivity (Wildman–Crippen MR) is 92.0 cm³/mol. The van der Waals surface area contributed by atoms with E-state index in [2.05, 4.69) is 82.4 Å². The van der Waals surface area contributed by atoms with Crippen molar-refractivity contribution in [3.63, 3.8) is 0 Å². The van der Waals surface area contributed by atoms with E-state index in [1.54, 1.807) is 0 Å². The molecule has 2 aromatic rings. The molecule has 0 radical (unpaired) electrons. The lowest BCUT2D eigenvalue weighted by molar-refractivity contribution is 0.627. The first kappa shape index (κ1) is 15.8. The fourth-order valence-corrected chi connectivity index (χ4v) is 2.83. The Bertz CT molecular complexity index is 581. The summed E-state index contributed by atoms with van der Waals surface area (Å²) in [5.74, 6) is 0.581. The minimum atomic E-state index is 0.275. The van der Waals surface area contributed by atoms with Gasteiger partial charge in [-0.25, -0.2) is 0 Å². The van der Waals surface area contributed by atoms with Crippen molar-refractivity contribution in [1.82, 2.24) is 5.32 Å². The van der Waals surface area contributed by atoms with Crippen LogP contribution < -0.4 is 5.32 Å². The van der Waals surface area contributed by atoms with Crippen LogP contribution in [-0.4, -0.2) is 6.54 Å². The molecule has 1 nitrogen and oxygen atoms in total. The molecule has 0 heterocycles. The van der Waals surface area contributed by atoms with Crippen LogP contribution in [0.5, 0.6) is 0 Å².